The lowest BCUT2D eigenvalue weighted by Gasteiger charge is -2.24. The molecule has 37 heavy (non-hydrogen) atoms. The fourth-order valence-corrected chi connectivity index (χ4v) is 10.3. The molecule has 0 saturated heterocycles. The van der Waals surface area contributed by atoms with Crippen molar-refractivity contribution in [1.29, 1.82) is 0 Å². The van der Waals surface area contributed by atoms with Gasteiger partial charge >= 0.3 is 0 Å². The predicted octanol–water partition coefficient (Wildman–Crippen LogP) is 9.29. The van der Waals surface area contributed by atoms with Crippen LogP contribution in [0.25, 0.3) is 76.3 Å². The van der Waals surface area contributed by atoms with Crippen LogP contribution in [0.2, 0.25) is 13.1 Å². The number of aromatic nitrogens is 2. The molecule has 0 aliphatic carbocycles. The molecule has 0 amide bonds. The van der Waals surface area contributed by atoms with E-state index in [1.807, 2.05) is 0 Å². The molecular formula is C34H24N2Si. The molecule has 0 N–H and O–H groups in total. The number of hydrogen-bond donors (Lipinski definition) is 0. The van der Waals surface area contributed by atoms with Crippen molar-refractivity contribution in [3.8, 4) is 11.4 Å². The molecule has 174 valence electrons. The summed E-state index contributed by atoms with van der Waals surface area (Å²) in [6.07, 6.45) is 0. The maximum absolute atomic E-state index is 2.68. The van der Waals surface area contributed by atoms with Crippen molar-refractivity contribution in [2.24, 2.45) is 0 Å². The smallest absolute Gasteiger partial charge is 0.267 e. The lowest BCUT2D eigenvalue weighted by atomic mass is 10.0. The highest BCUT2D eigenvalue weighted by atomic mass is 28.3. The molecule has 0 radical (unpaired) electrons. The molecule has 1 aliphatic heterocycles. The van der Waals surface area contributed by atoms with E-state index in [1.54, 1.807) is 0 Å². The Hall–Kier alpha value is -4.34. The number of rotatable bonds is 0. The third-order valence-electron chi connectivity index (χ3n) is 8.61. The van der Waals surface area contributed by atoms with Gasteiger partial charge in [-0.05, 0) is 117 Å². The lowest BCUT2D eigenvalue weighted by molar-refractivity contribution is 1.16. The zero-order chi connectivity index (χ0) is 24.5. The van der Waals surface area contributed by atoms with Crippen LogP contribution in [-0.2, 0) is 0 Å². The van der Waals surface area contributed by atoms with Crippen LogP contribution in [0.1, 0.15) is 0 Å². The van der Waals surface area contributed by atoms with Gasteiger partial charge in [-0.3, -0.25) is 0 Å². The van der Waals surface area contributed by atoms with Gasteiger partial charge in [-0.2, -0.15) is 0 Å². The van der Waals surface area contributed by atoms with Crippen LogP contribution in [0.15, 0.2) is 109 Å². The molecule has 6 aromatic carbocycles. The van der Waals surface area contributed by atoms with Gasteiger partial charge in [-0.1, -0.05) is 48.5 Å². The maximum Gasteiger partial charge on any atom is 0.267 e. The maximum atomic E-state index is 2.68. The number of nitrogens with zero attached hydrogens (tertiary/aromatic N) is 2. The molecule has 0 bridgehead atoms. The van der Waals surface area contributed by atoms with Gasteiger partial charge in [-0.25, -0.2) is 0 Å². The number of benzene rings is 6. The summed E-state index contributed by atoms with van der Waals surface area (Å²) < 4.78 is 5.35. The first-order chi connectivity index (χ1) is 18.0. The first-order valence-corrected chi connectivity index (χ1v) is 15.9. The van der Waals surface area contributed by atoms with E-state index in [1.165, 1.54) is 76.3 Å². The number of fused-ring (bicyclic) bond motifs is 11. The topological polar surface area (TPSA) is 9.86 Å². The average molecular weight is 489 g/mol. The molecule has 1 aliphatic rings. The van der Waals surface area contributed by atoms with E-state index in [0.29, 0.717) is 0 Å². The summed E-state index contributed by atoms with van der Waals surface area (Å²) in [4.78, 5) is 0. The third-order valence-corrected chi connectivity index (χ3v) is 11.8. The van der Waals surface area contributed by atoms with E-state index in [9.17, 15) is 0 Å². The van der Waals surface area contributed by atoms with Crippen LogP contribution in [0.5, 0.6) is 0 Å². The molecule has 0 fully saturated rings. The van der Waals surface area contributed by atoms with Crippen LogP contribution in [-0.4, -0.2) is 16.9 Å². The van der Waals surface area contributed by atoms with E-state index in [-0.39, 0.29) is 0 Å². The van der Waals surface area contributed by atoms with Gasteiger partial charge in [0.15, 0.2) is 0 Å². The zero-order valence-electron chi connectivity index (χ0n) is 20.8. The second-order valence-corrected chi connectivity index (χ2v) is 15.0. The van der Waals surface area contributed by atoms with Crippen molar-refractivity contribution in [3.63, 3.8) is 0 Å². The van der Waals surface area contributed by atoms with Gasteiger partial charge in [0.25, 0.3) is 8.40 Å². The summed E-state index contributed by atoms with van der Waals surface area (Å²) in [6.45, 7) is 4.97. The van der Waals surface area contributed by atoms with Gasteiger partial charge in [0.2, 0.25) is 0 Å². The SMILES string of the molecule is C[Si]1(C)n2c(cc3cc4cc5ccccc5cc4cc32)-c2cc3cc4cc5ccccc5cc4cc3n21. The standard InChI is InChI=1S/C34H24N2Si/c1-37(2)35-31-17-27-13-23-9-5-3-7-21(23)11-25(27)15-29(31)19-33(35)34-20-30-16-26-12-22-8-4-6-10-24(22)14-28(26)18-32(30)36(34)37/h3-20H,1-2H3. The Balaban J connectivity index is 1.34. The Morgan fingerprint density at radius 1 is 0.378 bits per heavy atom. The molecule has 0 saturated carbocycles. The van der Waals surface area contributed by atoms with Crippen LogP contribution >= 0.6 is 0 Å². The predicted molar refractivity (Wildman–Crippen MR) is 161 cm³/mol. The van der Waals surface area contributed by atoms with E-state index in [0.717, 1.165) is 0 Å². The van der Waals surface area contributed by atoms with Gasteiger partial charge in [0, 0.05) is 21.8 Å². The normalized spacial score (nSPS) is 14.4. The second-order valence-electron chi connectivity index (χ2n) is 11.1. The fourth-order valence-electron chi connectivity index (χ4n) is 6.95. The monoisotopic (exact) mass is 488 g/mol. The Morgan fingerprint density at radius 2 is 0.703 bits per heavy atom. The third kappa shape index (κ3) is 2.49. The zero-order valence-corrected chi connectivity index (χ0v) is 21.8. The summed E-state index contributed by atoms with van der Waals surface area (Å²) in [5, 5.41) is 13.1. The molecule has 3 heterocycles. The summed E-state index contributed by atoms with van der Waals surface area (Å²) >= 11 is 0. The van der Waals surface area contributed by atoms with Crippen molar-refractivity contribution < 1.29 is 0 Å². The van der Waals surface area contributed by atoms with Gasteiger partial charge in [0.1, 0.15) is 0 Å². The first-order valence-electron chi connectivity index (χ1n) is 13.0. The Kier molecular flexibility index (Phi) is 3.48. The van der Waals surface area contributed by atoms with Crippen molar-refractivity contribution in [2.45, 2.75) is 13.1 Å². The highest BCUT2D eigenvalue weighted by Gasteiger charge is 2.40. The molecule has 8 aromatic rings. The molecule has 0 unspecified atom stereocenters. The molecule has 3 heteroatoms. The highest BCUT2D eigenvalue weighted by Crippen LogP contribution is 2.44. The van der Waals surface area contributed by atoms with Crippen LogP contribution in [0.4, 0.5) is 0 Å². The minimum Gasteiger partial charge on any atom is -0.348 e. The van der Waals surface area contributed by atoms with Crippen LogP contribution in [0.3, 0.4) is 0 Å². The minimum atomic E-state index is -2.05. The molecule has 0 spiro atoms. The second kappa shape index (κ2) is 6.50. The van der Waals surface area contributed by atoms with Crippen molar-refractivity contribution in [2.75, 3.05) is 0 Å². The van der Waals surface area contributed by atoms with E-state index in [4.69, 9.17) is 0 Å². The molecule has 2 aromatic heterocycles. The van der Waals surface area contributed by atoms with E-state index < -0.39 is 8.40 Å². The highest BCUT2D eigenvalue weighted by molar-refractivity contribution is 6.78. The lowest BCUT2D eigenvalue weighted by Crippen LogP contribution is -2.41. The summed E-state index contributed by atoms with van der Waals surface area (Å²) in [5.74, 6) is 0. The average Bonchev–Trinajstić information content (AvgIpc) is 3.52. The van der Waals surface area contributed by atoms with E-state index in [2.05, 4.69) is 131 Å². The first kappa shape index (κ1) is 19.8. The van der Waals surface area contributed by atoms with Crippen LogP contribution in [0, 0.1) is 0 Å². The quantitative estimate of drug-likeness (QED) is 0.149. The molecular weight excluding hydrogens is 464 g/mol. The Morgan fingerprint density at radius 3 is 1.08 bits per heavy atom. The number of hydrogen-bond acceptors (Lipinski definition) is 0. The van der Waals surface area contributed by atoms with Crippen LogP contribution < -0.4 is 0 Å². The fraction of sp³-hybridized carbons (Fsp3) is 0.0588. The van der Waals surface area contributed by atoms with E-state index >= 15 is 0 Å². The largest absolute Gasteiger partial charge is 0.348 e. The van der Waals surface area contributed by atoms with Crippen molar-refractivity contribution in [1.82, 2.24) is 8.47 Å². The summed E-state index contributed by atoms with van der Waals surface area (Å²) in [5.41, 5.74) is 5.44. The van der Waals surface area contributed by atoms with Gasteiger partial charge in [-0.15, -0.1) is 0 Å². The Labute approximate surface area is 215 Å². The minimum absolute atomic E-state index is 1.30. The van der Waals surface area contributed by atoms with Gasteiger partial charge < -0.3 is 8.47 Å². The molecule has 9 rings (SSSR count). The van der Waals surface area contributed by atoms with Crippen molar-refractivity contribution in [3.05, 3.63) is 109 Å². The Bertz CT molecular complexity index is 2120. The summed E-state index contributed by atoms with van der Waals surface area (Å²) in [6, 6.07) is 41.2. The van der Waals surface area contributed by atoms with Gasteiger partial charge in [0.05, 0.1) is 11.4 Å². The molecule has 0 atom stereocenters. The van der Waals surface area contributed by atoms with Crippen molar-refractivity contribution >= 4 is 73.3 Å². The molecule has 2 nitrogen and oxygen atoms in total. The summed E-state index contributed by atoms with van der Waals surface area (Å²) in [7, 11) is -2.05.